The van der Waals surface area contributed by atoms with Crippen molar-refractivity contribution in [2.45, 2.75) is 47.1 Å². The zero-order valence-electron chi connectivity index (χ0n) is 10.7. The molecule has 2 atom stereocenters. The number of nitrogens with zero attached hydrogens (tertiary/aromatic N) is 1. The maximum atomic E-state index is 5.41. The zero-order valence-corrected chi connectivity index (χ0v) is 10.7. The Labute approximate surface area is 93.7 Å². The first-order chi connectivity index (χ1) is 7.01. The number of nitrogens with one attached hydrogen (secondary N) is 2. The Morgan fingerprint density at radius 3 is 2.27 bits per heavy atom. The summed E-state index contributed by atoms with van der Waals surface area (Å²) in [5.74, 6) is 7.26. The molecular weight excluding hydrogens is 188 g/mol. The molecule has 2 unspecified atom stereocenters. The maximum absolute atomic E-state index is 5.41. The Morgan fingerprint density at radius 1 is 1.27 bits per heavy atom. The van der Waals surface area contributed by atoms with Crippen LogP contribution in [0.15, 0.2) is 4.99 Å². The molecule has 0 aromatic carbocycles. The molecule has 15 heavy (non-hydrogen) atoms. The van der Waals surface area contributed by atoms with Gasteiger partial charge in [-0.25, -0.2) is 5.84 Å². The largest absolute Gasteiger partial charge is 0.353 e. The van der Waals surface area contributed by atoms with Crippen molar-refractivity contribution < 1.29 is 0 Å². The summed E-state index contributed by atoms with van der Waals surface area (Å²) in [6, 6.07) is 0.386. The summed E-state index contributed by atoms with van der Waals surface area (Å²) in [4.78, 5) is 4.37. The third-order valence-corrected chi connectivity index (χ3v) is 2.61. The van der Waals surface area contributed by atoms with E-state index in [1.807, 2.05) is 0 Å². The fraction of sp³-hybridized carbons (Fsp3) is 0.909. The normalized spacial score (nSPS) is 16.3. The van der Waals surface area contributed by atoms with Gasteiger partial charge in [0, 0.05) is 12.6 Å². The summed E-state index contributed by atoms with van der Waals surface area (Å²) in [5.41, 5.74) is 2.61. The van der Waals surface area contributed by atoms with Crippen molar-refractivity contribution in [1.29, 1.82) is 0 Å². The number of hydrogen-bond acceptors (Lipinski definition) is 2. The highest BCUT2D eigenvalue weighted by molar-refractivity contribution is 5.79. The van der Waals surface area contributed by atoms with Crippen LogP contribution in [0.2, 0.25) is 0 Å². The van der Waals surface area contributed by atoms with Crippen molar-refractivity contribution in [3.8, 4) is 0 Å². The van der Waals surface area contributed by atoms with Gasteiger partial charge in [0.15, 0.2) is 0 Å². The van der Waals surface area contributed by atoms with Crippen molar-refractivity contribution in [1.82, 2.24) is 10.7 Å². The quantitative estimate of drug-likeness (QED) is 0.281. The molecule has 0 aliphatic rings. The summed E-state index contributed by atoms with van der Waals surface area (Å²) in [6.45, 7) is 11.6. The highest BCUT2D eigenvalue weighted by Crippen LogP contribution is 2.06. The first-order valence-electron chi connectivity index (χ1n) is 5.78. The molecule has 0 rings (SSSR count). The fourth-order valence-corrected chi connectivity index (χ4v) is 1.12. The highest BCUT2D eigenvalue weighted by atomic mass is 15.3. The summed E-state index contributed by atoms with van der Waals surface area (Å²) in [6.07, 6.45) is 1.15. The van der Waals surface area contributed by atoms with E-state index >= 15 is 0 Å². The second-order valence-electron chi connectivity index (χ2n) is 4.55. The van der Waals surface area contributed by atoms with Crippen LogP contribution in [-0.2, 0) is 0 Å². The minimum absolute atomic E-state index is 0.386. The van der Waals surface area contributed by atoms with E-state index in [9.17, 15) is 0 Å². The average Bonchev–Trinajstić information content (AvgIpc) is 2.22. The summed E-state index contributed by atoms with van der Waals surface area (Å²) in [7, 11) is 0. The van der Waals surface area contributed by atoms with Crippen LogP contribution in [0.25, 0.3) is 0 Å². The molecule has 0 heterocycles. The van der Waals surface area contributed by atoms with Gasteiger partial charge < -0.3 is 5.32 Å². The van der Waals surface area contributed by atoms with Crippen LogP contribution in [-0.4, -0.2) is 18.5 Å². The van der Waals surface area contributed by atoms with Gasteiger partial charge >= 0.3 is 0 Å². The SMILES string of the molecule is CCC(C)C(C)NC(=NCC(C)C)NN. The van der Waals surface area contributed by atoms with E-state index in [1.165, 1.54) is 0 Å². The van der Waals surface area contributed by atoms with Gasteiger partial charge in [0.1, 0.15) is 0 Å². The molecule has 0 radical (unpaired) electrons. The maximum Gasteiger partial charge on any atom is 0.205 e. The molecule has 4 heteroatoms. The summed E-state index contributed by atoms with van der Waals surface area (Å²) < 4.78 is 0. The van der Waals surface area contributed by atoms with Gasteiger partial charge in [-0.05, 0) is 18.8 Å². The predicted octanol–water partition coefficient (Wildman–Crippen LogP) is 1.49. The molecule has 0 aromatic rings. The van der Waals surface area contributed by atoms with E-state index in [2.05, 4.69) is 50.4 Å². The van der Waals surface area contributed by atoms with E-state index < -0.39 is 0 Å². The highest BCUT2D eigenvalue weighted by Gasteiger charge is 2.11. The molecule has 4 N–H and O–H groups in total. The lowest BCUT2D eigenvalue weighted by molar-refractivity contribution is 0.432. The van der Waals surface area contributed by atoms with Crippen LogP contribution >= 0.6 is 0 Å². The van der Waals surface area contributed by atoms with Crippen molar-refractivity contribution in [2.75, 3.05) is 6.54 Å². The van der Waals surface area contributed by atoms with Crippen molar-refractivity contribution in [3.05, 3.63) is 0 Å². The van der Waals surface area contributed by atoms with Gasteiger partial charge in [0.05, 0.1) is 0 Å². The number of nitrogens with two attached hydrogens (primary N) is 1. The second-order valence-corrected chi connectivity index (χ2v) is 4.55. The Bertz CT molecular complexity index is 189. The molecule has 0 saturated heterocycles. The van der Waals surface area contributed by atoms with Crippen LogP contribution in [0.4, 0.5) is 0 Å². The molecule has 4 nitrogen and oxygen atoms in total. The first kappa shape index (κ1) is 14.2. The van der Waals surface area contributed by atoms with Gasteiger partial charge in [-0.3, -0.25) is 10.4 Å². The molecule has 0 aromatic heterocycles. The molecule has 0 aliphatic heterocycles. The van der Waals surface area contributed by atoms with Gasteiger partial charge in [0.25, 0.3) is 0 Å². The van der Waals surface area contributed by atoms with E-state index in [0.29, 0.717) is 23.8 Å². The molecule has 0 spiro atoms. The Hall–Kier alpha value is -0.770. The Morgan fingerprint density at radius 2 is 1.87 bits per heavy atom. The molecular formula is C11H26N4. The zero-order chi connectivity index (χ0) is 11.8. The van der Waals surface area contributed by atoms with Crippen LogP contribution < -0.4 is 16.6 Å². The number of hydrogen-bond donors (Lipinski definition) is 3. The van der Waals surface area contributed by atoms with Crippen LogP contribution in [0.3, 0.4) is 0 Å². The Kier molecular flexibility index (Phi) is 7.13. The van der Waals surface area contributed by atoms with Gasteiger partial charge in [-0.2, -0.15) is 0 Å². The van der Waals surface area contributed by atoms with Gasteiger partial charge in [0.2, 0.25) is 5.96 Å². The third kappa shape index (κ3) is 6.33. The van der Waals surface area contributed by atoms with Gasteiger partial charge in [-0.15, -0.1) is 0 Å². The summed E-state index contributed by atoms with van der Waals surface area (Å²) >= 11 is 0. The van der Waals surface area contributed by atoms with E-state index in [4.69, 9.17) is 5.84 Å². The molecule has 0 saturated carbocycles. The number of hydrazine groups is 1. The molecule has 0 aliphatic carbocycles. The summed E-state index contributed by atoms with van der Waals surface area (Å²) in [5, 5.41) is 3.29. The lowest BCUT2D eigenvalue weighted by Gasteiger charge is -2.21. The number of guanidine groups is 1. The number of aliphatic imine (C=N–C) groups is 1. The van der Waals surface area contributed by atoms with E-state index in [-0.39, 0.29) is 0 Å². The smallest absolute Gasteiger partial charge is 0.205 e. The lowest BCUT2D eigenvalue weighted by Crippen LogP contribution is -2.47. The van der Waals surface area contributed by atoms with Crippen LogP contribution in [0.5, 0.6) is 0 Å². The lowest BCUT2D eigenvalue weighted by atomic mass is 10.0. The second kappa shape index (κ2) is 7.51. The average molecular weight is 214 g/mol. The standard InChI is InChI=1S/C11H26N4/c1-6-9(4)10(5)14-11(15-12)13-7-8(2)3/h8-10H,6-7,12H2,1-5H3,(H2,13,14,15). The molecule has 0 amide bonds. The van der Waals surface area contributed by atoms with Crippen molar-refractivity contribution in [2.24, 2.45) is 22.7 Å². The van der Waals surface area contributed by atoms with E-state index in [1.54, 1.807) is 0 Å². The first-order valence-corrected chi connectivity index (χ1v) is 5.78. The minimum Gasteiger partial charge on any atom is -0.353 e. The Balaban J connectivity index is 4.14. The predicted molar refractivity (Wildman–Crippen MR) is 66.5 cm³/mol. The van der Waals surface area contributed by atoms with Crippen molar-refractivity contribution in [3.63, 3.8) is 0 Å². The van der Waals surface area contributed by atoms with Crippen LogP contribution in [0, 0.1) is 11.8 Å². The minimum atomic E-state index is 0.386. The van der Waals surface area contributed by atoms with Gasteiger partial charge in [-0.1, -0.05) is 34.1 Å². The fourth-order valence-electron chi connectivity index (χ4n) is 1.12. The van der Waals surface area contributed by atoms with Crippen molar-refractivity contribution >= 4 is 5.96 Å². The molecule has 0 bridgehead atoms. The van der Waals surface area contributed by atoms with Crippen LogP contribution in [0.1, 0.15) is 41.0 Å². The third-order valence-electron chi connectivity index (χ3n) is 2.61. The molecule has 90 valence electrons. The molecule has 0 fully saturated rings. The topological polar surface area (TPSA) is 62.4 Å². The number of rotatable bonds is 5. The van der Waals surface area contributed by atoms with E-state index in [0.717, 1.165) is 13.0 Å². The monoisotopic (exact) mass is 214 g/mol.